The van der Waals surface area contributed by atoms with Crippen LogP contribution in [0.2, 0.25) is 5.02 Å². The van der Waals surface area contributed by atoms with Crippen molar-refractivity contribution in [1.82, 2.24) is 10.3 Å². The molecule has 0 saturated carbocycles. The van der Waals surface area contributed by atoms with Crippen molar-refractivity contribution in [2.45, 2.75) is 51.5 Å². The van der Waals surface area contributed by atoms with Gasteiger partial charge < -0.3 is 10.6 Å². The lowest BCUT2D eigenvalue weighted by molar-refractivity contribution is 0.0938. The molecule has 154 valence electrons. The molecule has 5 nitrogen and oxygen atoms in total. The SMILES string of the molecule is CCCNC(=O)c1cc2c(nc1C(=O)Nc1c(CC)ccc(Cl)c1CC)SCC2. The van der Waals surface area contributed by atoms with Crippen molar-refractivity contribution in [2.24, 2.45) is 0 Å². The minimum Gasteiger partial charge on any atom is -0.352 e. The highest BCUT2D eigenvalue weighted by Crippen LogP contribution is 2.33. The van der Waals surface area contributed by atoms with Crippen molar-refractivity contribution >= 4 is 40.9 Å². The third-order valence-electron chi connectivity index (χ3n) is 4.98. The summed E-state index contributed by atoms with van der Waals surface area (Å²) in [5, 5.41) is 7.33. The topological polar surface area (TPSA) is 71.1 Å². The molecule has 7 heteroatoms. The van der Waals surface area contributed by atoms with Gasteiger partial charge in [0.05, 0.1) is 5.56 Å². The van der Waals surface area contributed by atoms with E-state index in [-0.39, 0.29) is 17.5 Å². The van der Waals surface area contributed by atoms with Gasteiger partial charge in [0, 0.05) is 23.0 Å². The molecule has 2 heterocycles. The van der Waals surface area contributed by atoms with Crippen LogP contribution in [0.1, 0.15) is 64.7 Å². The minimum atomic E-state index is -0.381. The van der Waals surface area contributed by atoms with Crippen LogP contribution in [0.15, 0.2) is 23.2 Å². The lowest BCUT2D eigenvalue weighted by Gasteiger charge is -2.17. The highest BCUT2D eigenvalue weighted by Gasteiger charge is 2.25. The Morgan fingerprint density at radius 1 is 1.17 bits per heavy atom. The van der Waals surface area contributed by atoms with E-state index in [1.807, 2.05) is 39.0 Å². The fraction of sp³-hybridized carbons (Fsp3) is 0.409. The monoisotopic (exact) mass is 431 g/mol. The fourth-order valence-corrected chi connectivity index (χ4v) is 4.73. The van der Waals surface area contributed by atoms with Crippen LogP contribution in [0.5, 0.6) is 0 Å². The van der Waals surface area contributed by atoms with E-state index in [2.05, 4.69) is 15.6 Å². The van der Waals surface area contributed by atoms with Crippen molar-refractivity contribution < 1.29 is 9.59 Å². The second kappa shape index (κ2) is 9.63. The first kappa shape index (κ1) is 21.7. The minimum absolute atomic E-state index is 0.163. The zero-order chi connectivity index (χ0) is 21.0. The van der Waals surface area contributed by atoms with Crippen molar-refractivity contribution in [1.29, 1.82) is 0 Å². The molecule has 3 rings (SSSR count). The van der Waals surface area contributed by atoms with E-state index < -0.39 is 0 Å². The Balaban J connectivity index is 2.02. The maximum absolute atomic E-state index is 13.3. The van der Waals surface area contributed by atoms with Gasteiger partial charge in [-0.2, -0.15) is 0 Å². The molecule has 2 aromatic rings. The molecule has 1 aromatic carbocycles. The highest BCUT2D eigenvalue weighted by molar-refractivity contribution is 7.99. The Hall–Kier alpha value is -2.05. The Labute approximate surface area is 181 Å². The molecule has 0 fully saturated rings. The van der Waals surface area contributed by atoms with Crippen LogP contribution >= 0.6 is 23.4 Å². The second-order valence-corrected chi connectivity index (χ2v) is 8.42. The maximum atomic E-state index is 13.3. The molecule has 1 aliphatic heterocycles. The molecule has 0 unspecified atom stereocenters. The number of aryl methyl sites for hydroxylation is 2. The number of hydrogen-bond acceptors (Lipinski definition) is 4. The molecule has 0 spiro atoms. The van der Waals surface area contributed by atoms with Gasteiger partial charge in [0.15, 0.2) is 0 Å². The summed E-state index contributed by atoms with van der Waals surface area (Å²) in [6.07, 6.45) is 3.14. The van der Waals surface area contributed by atoms with Gasteiger partial charge in [0.25, 0.3) is 11.8 Å². The number of carbonyl (C=O) groups excluding carboxylic acids is 2. The van der Waals surface area contributed by atoms with Gasteiger partial charge in [0.1, 0.15) is 10.7 Å². The molecule has 0 bridgehead atoms. The van der Waals surface area contributed by atoms with Gasteiger partial charge in [0.2, 0.25) is 0 Å². The number of rotatable bonds is 7. The summed E-state index contributed by atoms with van der Waals surface area (Å²) in [5.41, 5.74) is 4.15. The molecule has 2 N–H and O–H groups in total. The summed E-state index contributed by atoms with van der Waals surface area (Å²) in [5.74, 6) is 0.271. The summed E-state index contributed by atoms with van der Waals surface area (Å²) < 4.78 is 0. The lowest BCUT2D eigenvalue weighted by atomic mass is 10.0. The van der Waals surface area contributed by atoms with E-state index in [1.54, 1.807) is 11.8 Å². The van der Waals surface area contributed by atoms with E-state index in [4.69, 9.17) is 11.6 Å². The number of fused-ring (bicyclic) bond motifs is 1. The van der Waals surface area contributed by atoms with Crippen LogP contribution in [0.3, 0.4) is 0 Å². The van der Waals surface area contributed by atoms with Crippen LogP contribution in [0.25, 0.3) is 0 Å². The molecule has 1 aliphatic rings. The van der Waals surface area contributed by atoms with Gasteiger partial charge in [-0.1, -0.05) is 38.4 Å². The van der Waals surface area contributed by atoms with E-state index in [0.29, 0.717) is 23.6 Å². The number of carbonyl (C=O) groups is 2. The van der Waals surface area contributed by atoms with Gasteiger partial charge >= 0.3 is 0 Å². The molecule has 0 aliphatic carbocycles. The number of amides is 2. The maximum Gasteiger partial charge on any atom is 0.275 e. The van der Waals surface area contributed by atoms with Crippen molar-refractivity contribution in [3.8, 4) is 0 Å². The standard InChI is InChI=1S/C22H26ClN3O2S/c1-4-10-24-20(27)16-12-14-9-11-29-22(14)26-19(16)21(28)25-18-13(5-2)7-8-17(23)15(18)6-3/h7-8,12H,4-6,9-11H2,1-3H3,(H,24,27)(H,25,28). The van der Waals surface area contributed by atoms with Crippen LogP contribution in [0.4, 0.5) is 5.69 Å². The summed E-state index contributed by atoms with van der Waals surface area (Å²) in [4.78, 5) is 30.5. The Morgan fingerprint density at radius 2 is 1.97 bits per heavy atom. The predicted octanol–water partition coefficient (Wildman–Crippen LogP) is 4.90. The Bertz CT molecular complexity index is 946. The number of halogens is 1. The van der Waals surface area contributed by atoms with Crippen molar-refractivity contribution in [2.75, 3.05) is 17.6 Å². The Morgan fingerprint density at radius 3 is 2.66 bits per heavy atom. The largest absolute Gasteiger partial charge is 0.352 e. The first-order valence-corrected chi connectivity index (χ1v) is 11.4. The number of nitrogens with zero attached hydrogens (tertiary/aromatic N) is 1. The number of thioether (sulfide) groups is 1. The van der Waals surface area contributed by atoms with E-state index in [9.17, 15) is 9.59 Å². The summed E-state index contributed by atoms with van der Waals surface area (Å²) in [6.45, 7) is 6.58. The van der Waals surface area contributed by atoms with Crippen molar-refractivity contribution in [3.63, 3.8) is 0 Å². The normalized spacial score (nSPS) is 12.6. The zero-order valence-corrected chi connectivity index (χ0v) is 18.6. The smallest absolute Gasteiger partial charge is 0.275 e. The first-order valence-electron chi connectivity index (χ1n) is 10.1. The number of nitrogens with one attached hydrogen (secondary N) is 2. The third-order valence-corrected chi connectivity index (χ3v) is 6.37. The Kier molecular flexibility index (Phi) is 7.19. The van der Waals surface area contributed by atoms with Gasteiger partial charge in [-0.25, -0.2) is 4.98 Å². The van der Waals surface area contributed by atoms with Crippen LogP contribution in [0, 0.1) is 0 Å². The summed E-state index contributed by atoms with van der Waals surface area (Å²) in [6, 6.07) is 5.61. The molecule has 29 heavy (non-hydrogen) atoms. The molecule has 0 saturated heterocycles. The number of benzene rings is 1. The molecule has 1 aromatic heterocycles. The zero-order valence-electron chi connectivity index (χ0n) is 17.0. The van der Waals surface area contributed by atoms with E-state index >= 15 is 0 Å². The molecule has 0 atom stereocenters. The molecular formula is C22H26ClN3O2S. The predicted molar refractivity (Wildman–Crippen MR) is 119 cm³/mol. The summed E-state index contributed by atoms with van der Waals surface area (Å²) >= 11 is 7.99. The van der Waals surface area contributed by atoms with Crippen LogP contribution in [-0.4, -0.2) is 29.1 Å². The number of hydrogen-bond donors (Lipinski definition) is 2. The average molecular weight is 432 g/mol. The van der Waals surface area contributed by atoms with Crippen LogP contribution in [-0.2, 0) is 19.3 Å². The van der Waals surface area contributed by atoms with Gasteiger partial charge in [-0.3, -0.25) is 9.59 Å². The molecular weight excluding hydrogens is 406 g/mol. The second-order valence-electron chi connectivity index (χ2n) is 6.92. The highest BCUT2D eigenvalue weighted by atomic mass is 35.5. The van der Waals surface area contributed by atoms with Crippen LogP contribution < -0.4 is 10.6 Å². The third kappa shape index (κ3) is 4.59. The summed E-state index contributed by atoms with van der Waals surface area (Å²) in [7, 11) is 0. The average Bonchev–Trinajstić information content (AvgIpc) is 3.19. The van der Waals surface area contributed by atoms with E-state index in [0.717, 1.165) is 52.4 Å². The quantitative estimate of drug-likeness (QED) is 0.654. The number of aromatic nitrogens is 1. The van der Waals surface area contributed by atoms with E-state index in [1.165, 1.54) is 0 Å². The van der Waals surface area contributed by atoms with Gasteiger partial charge in [-0.05, 0) is 54.5 Å². The molecule has 0 radical (unpaired) electrons. The lowest BCUT2D eigenvalue weighted by Crippen LogP contribution is -2.28. The molecule has 2 amide bonds. The first-order chi connectivity index (χ1) is 14.0. The van der Waals surface area contributed by atoms with Crippen molar-refractivity contribution in [3.05, 3.63) is 51.2 Å². The van der Waals surface area contributed by atoms with Gasteiger partial charge in [-0.15, -0.1) is 11.8 Å². The number of anilines is 1. The fourth-order valence-electron chi connectivity index (χ4n) is 3.42. The number of pyridine rings is 1.